The first-order valence-corrected chi connectivity index (χ1v) is 4.56. The first-order chi connectivity index (χ1) is 6.81. The molecule has 2 nitrogen and oxygen atoms in total. The zero-order valence-electron chi connectivity index (χ0n) is 9.13. The van der Waals surface area contributed by atoms with Crippen molar-refractivity contribution >= 4 is 6.29 Å². The highest BCUT2D eigenvalue weighted by molar-refractivity contribution is 5.55. The molecule has 0 saturated heterocycles. The maximum absolute atomic E-state index is 9.69. The first kappa shape index (κ1) is 13.7. The summed E-state index contributed by atoms with van der Waals surface area (Å²) in [6.45, 7) is 6.67. The summed E-state index contributed by atoms with van der Waals surface area (Å²) in [7, 11) is 0. The van der Waals surface area contributed by atoms with Crippen LogP contribution in [0.15, 0.2) is 24.4 Å². The van der Waals surface area contributed by atoms with Gasteiger partial charge in [0.05, 0.1) is 0 Å². The number of hydrogen-bond acceptors (Lipinski definition) is 2. The van der Waals surface area contributed by atoms with E-state index in [-0.39, 0.29) is 0 Å². The lowest BCUT2D eigenvalue weighted by Crippen LogP contribution is -2.09. The zero-order valence-corrected chi connectivity index (χ0v) is 9.13. The van der Waals surface area contributed by atoms with Gasteiger partial charge >= 0.3 is 6.29 Å². The number of halogens is 2. The molecule has 0 aliphatic rings. The third-order valence-electron chi connectivity index (χ3n) is 1.44. The lowest BCUT2D eigenvalue weighted by atomic mass is 9.90. The summed E-state index contributed by atoms with van der Waals surface area (Å²) in [5.41, 5.74) is 1.52. The highest BCUT2D eigenvalue weighted by Crippen LogP contribution is 2.18. The number of aromatic nitrogens is 1. The quantitative estimate of drug-likeness (QED) is 0.668. The predicted octanol–water partition coefficient (Wildman–Crippen LogP) is 3.72. The van der Waals surface area contributed by atoms with Gasteiger partial charge in [-0.2, -0.15) is 0 Å². The standard InChI is InChI=1S/C10H15N.CF2O/c1-10(2,3)8-9-6-4-5-7-11-9;2-1(3)4/h4-7H,8H2,1-3H3;. The molecule has 0 bridgehead atoms. The number of carbonyl (C=O) groups is 1. The number of nitrogens with zero attached hydrogens (tertiary/aromatic N) is 1. The molecule has 1 rings (SSSR count). The van der Waals surface area contributed by atoms with Gasteiger partial charge in [-0.25, -0.2) is 4.79 Å². The van der Waals surface area contributed by atoms with Gasteiger partial charge in [0.15, 0.2) is 0 Å². The Morgan fingerprint density at radius 2 is 1.87 bits per heavy atom. The van der Waals surface area contributed by atoms with Crippen LogP contribution in [0.4, 0.5) is 13.6 Å². The Labute approximate surface area is 88.3 Å². The van der Waals surface area contributed by atoms with Crippen LogP contribution in [0.5, 0.6) is 0 Å². The molecule has 0 amide bonds. The average molecular weight is 215 g/mol. The lowest BCUT2D eigenvalue weighted by Gasteiger charge is -2.16. The molecule has 0 aliphatic heterocycles. The van der Waals surface area contributed by atoms with Crippen molar-refractivity contribution in [3.05, 3.63) is 30.1 Å². The van der Waals surface area contributed by atoms with Crippen molar-refractivity contribution in [2.45, 2.75) is 27.2 Å². The Morgan fingerprint density at radius 3 is 2.20 bits per heavy atom. The van der Waals surface area contributed by atoms with Crippen LogP contribution in [0.3, 0.4) is 0 Å². The predicted molar refractivity (Wildman–Crippen MR) is 55.0 cm³/mol. The third kappa shape index (κ3) is 10.6. The number of hydrogen-bond donors (Lipinski definition) is 0. The van der Waals surface area contributed by atoms with Gasteiger partial charge in [-0.1, -0.05) is 26.8 Å². The molecule has 0 aromatic carbocycles. The normalized spacial score (nSPS) is 10.2. The fourth-order valence-electron chi connectivity index (χ4n) is 1.05. The summed E-state index contributed by atoms with van der Waals surface area (Å²) < 4.78 is 19.4. The maximum atomic E-state index is 9.69. The molecule has 4 heteroatoms. The molecule has 0 spiro atoms. The van der Waals surface area contributed by atoms with E-state index < -0.39 is 6.29 Å². The topological polar surface area (TPSA) is 30.0 Å². The second kappa shape index (κ2) is 6.22. The van der Waals surface area contributed by atoms with Gasteiger partial charge < -0.3 is 0 Å². The van der Waals surface area contributed by atoms with Crippen molar-refractivity contribution in [2.75, 3.05) is 0 Å². The summed E-state index contributed by atoms with van der Waals surface area (Å²) in [4.78, 5) is 12.4. The van der Waals surface area contributed by atoms with Crippen LogP contribution in [0.1, 0.15) is 26.5 Å². The molecule has 15 heavy (non-hydrogen) atoms. The SMILES string of the molecule is CC(C)(C)Cc1ccccn1.O=C(F)F. The van der Waals surface area contributed by atoms with E-state index in [1.807, 2.05) is 18.3 Å². The van der Waals surface area contributed by atoms with E-state index in [2.05, 4.69) is 31.8 Å². The Morgan fingerprint density at radius 1 is 1.33 bits per heavy atom. The van der Waals surface area contributed by atoms with Crippen LogP contribution < -0.4 is 0 Å². The van der Waals surface area contributed by atoms with Gasteiger partial charge in [0, 0.05) is 11.9 Å². The molecule has 0 atom stereocenters. The maximum Gasteiger partial charge on any atom is 0.483 e. The molecule has 0 aliphatic carbocycles. The van der Waals surface area contributed by atoms with Crippen molar-refractivity contribution in [3.63, 3.8) is 0 Å². The monoisotopic (exact) mass is 215 g/mol. The molecule has 1 heterocycles. The molecular formula is C11H15F2NO. The van der Waals surface area contributed by atoms with Crippen LogP contribution in [-0.4, -0.2) is 11.3 Å². The number of carbonyl (C=O) groups excluding carboxylic acids is 1. The summed E-state index contributed by atoms with van der Waals surface area (Å²) in [5.74, 6) is 0. The van der Waals surface area contributed by atoms with Gasteiger partial charge in [-0.15, -0.1) is 8.78 Å². The second-order valence-electron chi connectivity index (χ2n) is 4.28. The van der Waals surface area contributed by atoms with E-state index in [1.165, 1.54) is 5.69 Å². The fourth-order valence-corrected chi connectivity index (χ4v) is 1.05. The van der Waals surface area contributed by atoms with Crippen molar-refractivity contribution < 1.29 is 13.6 Å². The van der Waals surface area contributed by atoms with E-state index in [9.17, 15) is 8.78 Å². The molecule has 0 N–H and O–H groups in total. The summed E-state index contributed by atoms with van der Waals surface area (Å²) in [6.07, 6.45) is 0.0644. The zero-order chi connectivity index (χ0) is 11.9. The van der Waals surface area contributed by atoms with Gasteiger partial charge in [0.2, 0.25) is 0 Å². The minimum Gasteiger partial charge on any atom is -0.261 e. The van der Waals surface area contributed by atoms with E-state index in [0.29, 0.717) is 5.41 Å². The Bertz CT molecular complexity index is 289. The Balaban J connectivity index is 0.000000423. The molecule has 84 valence electrons. The van der Waals surface area contributed by atoms with Gasteiger partial charge in [0.1, 0.15) is 0 Å². The van der Waals surface area contributed by atoms with Crippen molar-refractivity contribution in [3.8, 4) is 0 Å². The molecule has 0 unspecified atom stereocenters. The van der Waals surface area contributed by atoms with Crippen LogP contribution in [0, 0.1) is 5.41 Å². The van der Waals surface area contributed by atoms with E-state index >= 15 is 0 Å². The van der Waals surface area contributed by atoms with Crippen LogP contribution >= 0.6 is 0 Å². The highest BCUT2D eigenvalue weighted by Gasteiger charge is 2.10. The molecule has 1 aromatic heterocycles. The molecule has 1 aromatic rings. The van der Waals surface area contributed by atoms with Crippen molar-refractivity contribution in [1.29, 1.82) is 0 Å². The molecule has 0 radical (unpaired) electrons. The lowest BCUT2D eigenvalue weighted by molar-refractivity contribution is 0.199. The Kier molecular flexibility index (Phi) is 5.67. The number of rotatable bonds is 1. The summed E-state index contributed by atoms with van der Waals surface area (Å²) in [5, 5.41) is 0. The van der Waals surface area contributed by atoms with Gasteiger partial charge in [0.25, 0.3) is 0 Å². The largest absolute Gasteiger partial charge is 0.483 e. The minimum atomic E-state index is -2.83. The van der Waals surface area contributed by atoms with Crippen molar-refractivity contribution in [1.82, 2.24) is 4.98 Å². The van der Waals surface area contributed by atoms with Crippen LogP contribution in [0.2, 0.25) is 0 Å². The average Bonchev–Trinajstić information content (AvgIpc) is 2.01. The number of pyridine rings is 1. The molecule has 0 fully saturated rings. The molecule has 0 saturated carbocycles. The summed E-state index contributed by atoms with van der Waals surface area (Å²) >= 11 is 0. The van der Waals surface area contributed by atoms with Gasteiger partial charge in [-0.05, 0) is 24.0 Å². The van der Waals surface area contributed by atoms with E-state index in [0.717, 1.165) is 6.42 Å². The third-order valence-corrected chi connectivity index (χ3v) is 1.44. The van der Waals surface area contributed by atoms with Crippen molar-refractivity contribution in [2.24, 2.45) is 5.41 Å². The molecular weight excluding hydrogens is 200 g/mol. The van der Waals surface area contributed by atoms with E-state index in [1.54, 1.807) is 0 Å². The smallest absolute Gasteiger partial charge is 0.261 e. The van der Waals surface area contributed by atoms with Crippen LogP contribution in [0.25, 0.3) is 0 Å². The fraction of sp³-hybridized carbons (Fsp3) is 0.455. The minimum absolute atomic E-state index is 0.342. The Hall–Kier alpha value is -1.32. The second-order valence-corrected chi connectivity index (χ2v) is 4.28. The summed E-state index contributed by atoms with van der Waals surface area (Å²) in [6, 6.07) is 6.06. The van der Waals surface area contributed by atoms with E-state index in [4.69, 9.17) is 4.79 Å². The van der Waals surface area contributed by atoms with Crippen LogP contribution in [-0.2, 0) is 6.42 Å². The highest BCUT2D eigenvalue weighted by atomic mass is 19.3. The van der Waals surface area contributed by atoms with Gasteiger partial charge in [-0.3, -0.25) is 4.98 Å². The first-order valence-electron chi connectivity index (χ1n) is 4.56.